The van der Waals surface area contributed by atoms with E-state index in [1.54, 1.807) is 24.3 Å². The molecule has 6 atom stereocenters. The van der Waals surface area contributed by atoms with Crippen LogP contribution < -0.4 is 21.3 Å². The van der Waals surface area contributed by atoms with Crippen molar-refractivity contribution in [2.75, 3.05) is 19.6 Å². The number of urea groups is 1. The summed E-state index contributed by atoms with van der Waals surface area (Å²) in [5.74, 6) is -2.63. The van der Waals surface area contributed by atoms with Gasteiger partial charge in [0.2, 0.25) is 27.6 Å². The quantitative estimate of drug-likeness (QED) is 0.167. The van der Waals surface area contributed by atoms with Crippen molar-refractivity contribution in [3.63, 3.8) is 0 Å². The van der Waals surface area contributed by atoms with Crippen molar-refractivity contribution in [2.24, 2.45) is 28.1 Å². The zero-order valence-corrected chi connectivity index (χ0v) is 33.0. The van der Waals surface area contributed by atoms with Gasteiger partial charge in [-0.2, -0.15) is 4.31 Å². The summed E-state index contributed by atoms with van der Waals surface area (Å²) in [6.07, 6.45) is 3.08. The van der Waals surface area contributed by atoms with Crippen molar-refractivity contribution in [2.45, 2.75) is 117 Å². The lowest BCUT2D eigenvalue weighted by Crippen LogP contribution is -2.62. The molecule has 13 nitrogen and oxygen atoms in total. The fourth-order valence-corrected chi connectivity index (χ4v) is 9.15. The number of fused-ring (bicyclic) bond motifs is 2. The molecule has 0 radical (unpaired) electrons. The van der Waals surface area contributed by atoms with Crippen LogP contribution in [0.2, 0.25) is 0 Å². The first-order chi connectivity index (χ1) is 24.1. The maximum absolute atomic E-state index is 14.5. The lowest BCUT2D eigenvalue weighted by Gasteiger charge is -2.39. The van der Waals surface area contributed by atoms with E-state index in [-0.39, 0.29) is 48.2 Å². The largest absolute Gasteiger partial charge is 0.346 e. The number of carbonyl (C=O) groups is 5. The molecule has 0 spiro atoms. The highest BCUT2D eigenvalue weighted by atomic mass is 32.2. The number of hydrogen-bond donors (Lipinski definition) is 4. The van der Waals surface area contributed by atoms with Crippen molar-refractivity contribution < 1.29 is 32.4 Å². The monoisotopic (exact) mass is 742 g/mol. The van der Waals surface area contributed by atoms with Gasteiger partial charge in [-0.3, -0.25) is 19.2 Å². The molecule has 14 heteroatoms. The molecule has 2 fully saturated rings. The van der Waals surface area contributed by atoms with Crippen LogP contribution in [0, 0.1) is 28.1 Å². The van der Waals surface area contributed by atoms with E-state index in [0.29, 0.717) is 18.5 Å². The Kier molecular flexibility index (Phi) is 12.1. The Labute approximate surface area is 309 Å². The number of piperidine rings is 1. The Morgan fingerprint density at radius 3 is 2.23 bits per heavy atom. The second-order valence-corrected chi connectivity index (χ2v) is 19.1. The van der Waals surface area contributed by atoms with Crippen LogP contribution in [-0.4, -0.2) is 91.0 Å². The normalized spacial score (nSPS) is 23.3. The zero-order valence-electron chi connectivity index (χ0n) is 32.2. The fourth-order valence-electron chi connectivity index (χ4n) is 7.51. The smallest absolute Gasteiger partial charge is 0.315 e. The standard InChI is InChI=1S/C38H58N6O7S/c1-11-13-17-25(30(45)33(47)39-19-12-2)40-32(46)29-28-24(38(28,9)10)21-44(29)34(48)31(37(6,7)8)42-35(49)41-27(36(3,4)5)22-43-20-23-16-14-15-18-26(23)52(43,50)51/h12,14-16,18,24-25,27-29,31H,2,11,13,17,19-22H2,1,3-10H3,(H,39,47)(H,40,46)(H2,41,42,49)/t24-,25?,27+,28-,29-,31+/m0/s1. The minimum Gasteiger partial charge on any atom is -0.346 e. The summed E-state index contributed by atoms with van der Waals surface area (Å²) in [5, 5.41) is 11.1. The second kappa shape index (κ2) is 15.3. The molecular formula is C38H58N6O7S. The molecule has 0 bridgehead atoms. The van der Waals surface area contributed by atoms with Crippen LogP contribution >= 0.6 is 0 Å². The number of benzene rings is 1. The first-order valence-electron chi connectivity index (χ1n) is 18.3. The van der Waals surface area contributed by atoms with Gasteiger partial charge in [0.1, 0.15) is 12.1 Å². The Hall–Kier alpha value is -3.78. The Morgan fingerprint density at radius 1 is 1.00 bits per heavy atom. The van der Waals surface area contributed by atoms with Gasteiger partial charge in [-0.25, -0.2) is 13.2 Å². The van der Waals surface area contributed by atoms with E-state index in [2.05, 4.69) is 27.8 Å². The van der Waals surface area contributed by atoms with E-state index in [0.717, 1.165) is 6.42 Å². The van der Waals surface area contributed by atoms with Gasteiger partial charge in [0.15, 0.2) is 0 Å². The first kappa shape index (κ1) is 41.0. The highest BCUT2D eigenvalue weighted by Crippen LogP contribution is 2.65. The van der Waals surface area contributed by atoms with Gasteiger partial charge in [-0.1, -0.05) is 99.4 Å². The van der Waals surface area contributed by atoms with E-state index < -0.39 is 74.6 Å². The summed E-state index contributed by atoms with van der Waals surface area (Å²) in [4.78, 5) is 69.8. The highest BCUT2D eigenvalue weighted by molar-refractivity contribution is 7.89. The molecule has 1 saturated carbocycles. The summed E-state index contributed by atoms with van der Waals surface area (Å²) in [6, 6.07) is 2.57. The summed E-state index contributed by atoms with van der Waals surface area (Å²) < 4.78 is 28.1. The van der Waals surface area contributed by atoms with Gasteiger partial charge < -0.3 is 26.2 Å². The molecular weight excluding hydrogens is 685 g/mol. The molecule has 5 amide bonds. The minimum atomic E-state index is -3.75. The Bertz CT molecular complexity index is 1680. The molecule has 3 aliphatic rings. The molecule has 1 aromatic carbocycles. The number of Topliss-reactive ketones (excluding diaryl/α,β-unsaturated/α-hetero) is 1. The second-order valence-electron chi connectivity index (χ2n) is 17.2. The third kappa shape index (κ3) is 8.54. The molecule has 52 heavy (non-hydrogen) atoms. The number of amides is 5. The number of hydrogen-bond acceptors (Lipinski definition) is 7. The van der Waals surface area contributed by atoms with E-state index in [4.69, 9.17) is 0 Å². The van der Waals surface area contributed by atoms with Crippen molar-refractivity contribution in [1.82, 2.24) is 30.5 Å². The molecule has 1 aliphatic carbocycles. The Balaban J connectivity index is 1.53. The lowest BCUT2D eigenvalue weighted by molar-refractivity contribution is -0.145. The number of carbonyl (C=O) groups excluding carboxylic acids is 5. The van der Waals surface area contributed by atoms with E-state index >= 15 is 0 Å². The molecule has 2 aliphatic heterocycles. The highest BCUT2D eigenvalue weighted by Gasteiger charge is 2.70. The number of ketones is 1. The molecule has 2 heterocycles. The van der Waals surface area contributed by atoms with Crippen LogP contribution in [0.4, 0.5) is 4.79 Å². The van der Waals surface area contributed by atoms with E-state index in [9.17, 15) is 32.4 Å². The number of nitrogens with one attached hydrogen (secondary N) is 4. The Morgan fingerprint density at radius 2 is 1.65 bits per heavy atom. The number of unbranched alkanes of at least 4 members (excludes halogenated alkanes) is 1. The summed E-state index contributed by atoms with van der Waals surface area (Å²) in [5.41, 5.74) is -0.860. The SMILES string of the molecule is C=CCNC(=O)C(=O)C(CCCC)NC(=O)[C@@H]1[C@@H]2[C@H](CN1C(=O)[C@@H](NC(=O)N[C@H](CN1Cc3ccccc3S1(=O)=O)C(C)(C)C)C(C)(C)C)C2(C)C. The first-order valence-corrected chi connectivity index (χ1v) is 19.7. The number of likely N-dealkylation sites (tertiary alicyclic amines) is 1. The van der Waals surface area contributed by atoms with Gasteiger partial charge >= 0.3 is 6.03 Å². The predicted molar refractivity (Wildman–Crippen MR) is 198 cm³/mol. The lowest BCUT2D eigenvalue weighted by atomic mass is 9.85. The van der Waals surface area contributed by atoms with Crippen LogP contribution in [0.5, 0.6) is 0 Å². The molecule has 288 valence electrons. The van der Waals surface area contributed by atoms with Crippen molar-refractivity contribution in [1.29, 1.82) is 0 Å². The molecule has 1 saturated heterocycles. The number of rotatable bonds is 14. The average Bonchev–Trinajstić information content (AvgIpc) is 3.31. The number of sulfonamides is 1. The molecule has 4 rings (SSSR count). The molecule has 1 unspecified atom stereocenters. The molecule has 0 aromatic heterocycles. The number of nitrogens with zero attached hydrogens (tertiary/aromatic N) is 2. The molecule has 1 aromatic rings. The summed E-state index contributed by atoms with van der Waals surface area (Å²) in [6.45, 7) is 21.4. The van der Waals surface area contributed by atoms with Crippen LogP contribution in [-0.2, 0) is 35.7 Å². The van der Waals surface area contributed by atoms with Gasteiger partial charge in [0.25, 0.3) is 5.91 Å². The topological polar surface area (TPSA) is 174 Å². The van der Waals surface area contributed by atoms with Crippen LogP contribution in [0.3, 0.4) is 0 Å². The third-order valence-electron chi connectivity index (χ3n) is 10.9. The maximum atomic E-state index is 14.5. The zero-order chi connectivity index (χ0) is 39.0. The maximum Gasteiger partial charge on any atom is 0.315 e. The van der Waals surface area contributed by atoms with Gasteiger partial charge in [0.05, 0.1) is 10.9 Å². The van der Waals surface area contributed by atoms with E-state index in [1.807, 2.05) is 62.3 Å². The van der Waals surface area contributed by atoms with Crippen molar-refractivity contribution in [3.8, 4) is 0 Å². The van der Waals surface area contributed by atoms with Gasteiger partial charge in [0, 0.05) is 32.2 Å². The summed E-state index contributed by atoms with van der Waals surface area (Å²) in [7, 11) is -3.75. The van der Waals surface area contributed by atoms with E-state index in [1.165, 1.54) is 15.3 Å². The van der Waals surface area contributed by atoms with Crippen LogP contribution in [0.1, 0.15) is 87.1 Å². The fraction of sp³-hybridized carbons (Fsp3) is 0.658. The third-order valence-corrected chi connectivity index (χ3v) is 12.8. The molecule has 4 N–H and O–H groups in total. The summed E-state index contributed by atoms with van der Waals surface area (Å²) >= 11 is 0. The minimum absolute atomic E-state index is 0.0262. The van der Waals surface area contributed by atoms with Gasteiger partial charge in [-0.15, -0.1) is 6.58 Å². The van der Waals surface area contributed by atoms with Crippen LogP contribution in [0.25, 0.3) is 0 Å². The van der Waals surface area contributed by atoms with Crippen LogP contribution in [0.15, 0.2) is 41.8 Å². The average molecular weight is 743 g/mol. The van der Waals surface area contributed by atoms with Gasteiger partial charge in [-0.05, 0) is 46.1 Å². The predicted octanol–water partition coefficient (Wildman–Crippen LogP) is 3.35. The van der Waals surface area contributed by atoms with Crippen molar-refractivity contribution >= 4 is 39.6 Å². The van der Waals surface area contributed by atoms with Crippen molar-refractivity contribution in [3.05, 3.63) is 42.5 Å².